The van der Waals surface area contributed by atoms with Crippen molar-refractivity contribution in [3.8, 4) is 0 Å². The zero-order valence-corrected chi connectivity index (χ0v) is 18.3. The maximum absolute atomic E-state index is 12.4. The number of aromatic nitrogens is 1. The second-order valence-electron chi connectivity index (χ2n) is 6.72. The first-order valence-corrected chi connectivity index (χ1v) is 11.2. The van der Waals surface area contributed by atoms with Crippen molar-refractivity contribution in [1.29, 1.82) is 0 Å². The Morgan fingerprint density at radius 2 is 1.97 bits per heavy atom. The van der Waals surface area contributed by atoms with Crippen molar-refractivity contribution < 1.29 is 27.3 Å². The summed E-state index contributed by atoms with van der Waals surface area (Å²) >= 11 is 0. The lowest BCUT2D eigenvalue weighted by atomic mass is 10.1. The molecule has 0 spiro atoms. The Labute approximate surface area is 185 Å². The third kappa shape index (κ3) is 7.48. The van der Waals surface area contributed by atoms with Gasteiger partial charge in [-0.1, -0.05) is 18.2 Å². The molecule has 1 aromatic heterocycles. The Morgan fingerprint density at radius 1 is 1.22 bits per heavy atom. The smallest absolute Gasteiger partial charge is 0.328 e. The number of carbonyl (C=O) groups is 2. The van der Waals surface area contributed by atoms with Gasteiger partial charge in [0.1, 0.15) is 6.04 Å². The molecule has 11 nitrogen and oxygen atoms in total. The van der Waals surface area contributed by atoms with E-state index < -0.39 is 28.0 Å². The van der Waals surface area contributed by atoms with Crippen LogP contribution in [-0.2, 0) is 26.2 Å². The van der Waals surface area contributed by atoms with Crippen molar-refractivity contribution in [3.05, 3.63) is 53.7 Å². The number of rotatable bonds is 11. The van der Waals surface area contributed by atoms with Crippen LogP contribution in [0.25, 0.3) is 0 Å². The van der Waals surface area contributed by atoms with E-state index in [2.05, 4.69) is 20.5 Å². The number of nitrogens with zero attached hydrogens (tertiary/aromatic N) is 3. The topological polar surface area (TPSA) is 173 Å². The molecule has 1 atom stereocenters. The second kappa shape index (κ2) is 12.0. The maximum atomic E-state index is 12.4. The van der Waals surface area contributed by atoms with Crippen LogP contribution in [0.5, 0.6) is 0 Å². The fourth-order valence-electron chi connectivity index (χ4n) is 2.78. The number of ether oxygens (including phenoxy) is 1. The first-order valence-electron chi connectivity index (χ1n) is 9.74. The molecule has 0 bridgehead atoms. The number of methoxy groups -OCH3 is 1. The molecule has 0 fully saturated rings. The van der Waals surface area contributed by atoms with E-state index in [4.69, 9.17) is 10.5 Å². The number of unbranched alkanes of at least 4 members (excludes halogenated alkanes) is 1. The first-order chi connectivity index (χ1) is 15.3. The summed E-state index contributed by atoms with van der Waals surface area (Å²) in [7, 11) is -3.12. The van der Waals surface area contributed by atoms with Gasteiger partial charge in [-0.3, -0.25) is 9.35 Å². The standard InChI is InChI=1S/C20H25N5O6S/c1-31-20(27)16(7-4-5-11-21)24-19(26)15-9-10-18(22-12-15)25-23-13-14-6-2-3-8-17(14)32(28,29)30/h2-3,6,8-10,12,16H,4-5,7,11,13,21H2,1H3,(H,24,26)(H,28,29,30). The maximum Gasteiger partial charge on any atom is 0.328 e. The summed E-state index contributed by atoms with van der Waals surface area (Å²) in [5, 5.41) is 10.4. The van der Waals surface area contributed by atoms with Crippen molar-refractivity contribution in [1.82, 2.24) is 10.3 Å². The van der Waals surface area contributed by atoms with E-state index in [-0.39, 0.29) is 28.4 Å². The van der Waals surface area contributed by atoms with Crippen LogP contribution < -0.4 is 11.1 Å². The molecule has 2 aromatic rings. The van der Waals surface area contributed by atoms with Gasteiger partial charge in [0.15, 0.2) is 5.82 Å². The number of nitrogens with two attached hydrogens (primary N) is 1. The predicted octanol–water partition coefficient (Wildman–Crippen LogP) is 2.01. The summed E-state index contributed by atoms with van der Waals surface area (Å²) in [5.41, 5.74) is 5.95. The molecule has 172 valence electrons. The second-order valence-corrected chi connectivity index (χ2v) is 8.11. The summed E-state index contributed by atoms with van der Waals surface area (Å²) in [4.78, 5) is 28.1. The minimum atomic E-state index is -4.37. The number of carbonyl (C=O) groups excluding carboxylic acids is 2. The van der Waals surface area contributed by atoms with Gasteiger partial charge in [0.2, 0.25) is 0 Å². The van der Waals surface area contributed by atoms with Gasteiger partial charge in [-0.15, -0.1) is 5.11 Å². The lowest BCUT2D eigenvalue weighted by molar-refractivity contribution is -0.143. The number of pyridine rings is 1. The number of benzene rings is 1. The highest BCUT2D eigenvalue weighted by Gasteiger charge is 2.21. The number of esters is 1. The Kier molecular flexibility index (Phi) is 9.38. The van der Waals surface area contributed by atoms with E-state index >= 15 is 0 Å². The number of nitrogens with one attached hydrogen (secondary N) is 1. The third-order valence-corrected chi connectivity index (χ3v) is 5.37. The van der Waals surface area contributed by atoms with Crippen LogP contribution in [0, 0.1) is 0 Å². The van der Waals surface area contributed by atoms with E-state index in [0.717, 1.165) is 6.42 Å². The molecule has 32 heavy (non-hydrogen) atoms. The molecule has 0 saturated carbocycles. The van der Waals surface area contributed by atoms with Crippen molar-refractivity contribution >= 4 is 27.8 Å². The average Bonchev–Trinajstić information content (AvgIpc) is 2.78. The van der Waals surface area contributed by atoms with E-state index in [1.165, 1.54) is 43.6 Å². The van der Waals surface area contributed by atoms with Crippen LogP contribution in [0.2, 0.25) is 0 Å². The SMILES string of the molecule is COC(=O)C(CCCCN)NC(=O)c1ccc(N=NCc2ccccc2S(=O)(=O)O)nc1. The van der Waals surface area contributed by atoms with E-state index in [1.807, 2.05) is 0 Å². The molecular formula is C20H25N5O6S. The third-order valence-electron chi connectivity index (χ3n) is 4.41. The van der Waals surface area contributed by atoms with Crippen LogP contribution >= 0.6 is 0 Å². The van der Waals surface area contributed by atoms with Gasteiger partial charge in [-0.25, -0.2) is 9.78 Å². The minimum Gasteiger partial charge on any atom is -0.467 e. The monoisotopic (exact) mass is 463 g/mol. The molecule has 0 aliphatic rings. The molecule has 1 aromatic carbocycles. The summed E-state index contributed by atoms with van der Waals surface area (Å²) in [6, 6.07) is 8.01. The summed E-state index contributed by atoms with van der Waals surface area (Å²) in [5.74, 6) is -0.844. The Balaban J connectivity index is 2.02. The highest BCUT2D eigenvalue weighted by molar-refractivity contribution is 7.85. The molecule has 2 rings (SSSR count). The Hall–Kier alpha value is -3.22. The zero-order chi connectivity index (χ0) is 23.6. The number of amides is 1. The normalized spacial score (nSPS) is 12.5. The molecule has 1 unspecified atom stereocenters. The van der Waals surface area contributed by atoms with Crippen molar-refractivity contribution in [2.45, 2.75) is 36.7 Å². The van der Waals surface area contributed by atoms with Crippen molar-refractivity contribution in [2.24, 2.45) is 16.0 Å². The van der Waals surface area contributed by atoms with Gasteiger partial charge in [0.25, 0.3) is 16.0 Å². The van der Waals surface area contributed by atoms with Crippen molar-refractivity contribution in [3.63, 3.8) is 0 Å². The fraction of sp³-hybridized carbons (Fsp3) is 0.350. The summed E-state index contributed by atoms with van der Waals surface area (Å²) < 4.78 is 36.8. The average molecular weight is 464 g/mol. The molecule has 12 heteroatoms. The molecule has 1 heterocycles. The van der Waals surface area contributed by atoms with Crippen molar-refractivity contribution in [2.75, 3.05) is 13.7 Å². The van der Waals surface area contributed by atoms with Crippen LogP contribution in [0.3, 0.4) is 0 Å². The quantitative estimate of drug-likeness (QED) is 0.196. The van der Waals surface area contributed by atoms with E-state index in [9.17, 15) is 22.6 Å². The van der Waals surface area contributed by atoms with Crippen LogP contribution in [0.1, 0.15) is 35.2 Å². The van der Waals surface area contributed by atoms with Crippen LogP contribution in [0.4, 0.5) is 5.82 Å². The van der Waals surface area contributed by atoms with Gasteiger partial charge < -0.3 is 15.8 Å². The lowest BCUT2D eigenvalue weighted by Crippen LogP contribution is -2.41. The number of hydrogen-bond acceptors (Lipinski definition) is 9. The van der Waals surface area contributed by atoms with Gasteiger partial charge >= 0.3 is 5.97 Å². The highest BCUT2D eigenvalue weighted by Crippen LogP contribution is 2.17. The Morgan fingerprint density at radius 3 is 2.59 bits per heavy atom. The molecular weight excluding hydrogens is 438 g/mol. The largest absolute Gasteiger partial charge is 0.467 e. The summed E-state index contributed by atoms with van der Waals surface area (Å²) in [6.45, 7) is 0.395. The molecule has 0 aliphatic carbocycles. The minimum absolute atomic E-state index is 0.0938. The summed E-state index contributed by atoms with van der Waals surface area (Å²) in [6.07, 6.45) is 3.07. The van der Waals surface area contributed by atoms with Gasteiger partial charge in [-0.2, -0.15) is 13.5 Å². The van der Waals surface area contributed by atoms with Gasteiger partial charge in [0.05, 0.1) is 24.1 Å². The van der Waals surface area contributed by atoms with Gasteiger partial charge in [-0.05, 0) is 49.6 Å². The van der Waals surface area contributed by atoms with Crippen LogP contribution in [-0.4, -0.2) is 49.5 Å². The predicted molar refractivity (Wildman–Crippen MR) is 115 cm³/mol. The molecule has 1 amide bonds. The number of azo groups is 1. The molecule has 0 radical (unpaired) electrons. The molecule has 4 N–H and O–H groups in total. The van der Waals surface area contributed by atoms with Gasteiger partial charge in [0, 0.05) is 6.20 Å². The highest BCUT2D eigenvalue weighted by atomic mass is 32.2. The van der Waals surface area contributed by atoms with E-state index in [0.29, 0.717) is 19.4 Å². The van der Waals surface area contributed by atoms with E-state index in [1.54, 1.807) is 6.07 Å². The molecule has 0 aliphatic heterocycles. The number of hydrogen-bond donors (Lipinski definition) is 3. The first kappa shape index (κ1) is 25.0. The Bertz CT molecular complexity index is 1060. The zero-order valence-electron chi connectivity index (χ0n) is 17.5. The molecule has 0 saturated heterocycles. The lowest BCUT2D eigenvalue weighted by Gasteiger charge is -2.16. The van der Waals surface area contributed by atoms with Crippen LogP contribution in [0.15, 0.2) is 57.7 Å². The fourth-order valence-corrected chi connectivity index (χ4v) is 3.49.